The summed E-state index contributed by atoms with van der Waals surface area (Å²) in [4.78, 5) is 23.4. The molecule has 1 aliphatic carbocycles. The van der Waals surface area contributed by atoms with Crippen LogP contribution < -0.4 is 16.4 Å². The Kier molecular flexibility index (Phi) is 5.77. The predicted octanol–water partition coefficient (Wildman–Crippen LogP) is 2.53. The molecule has 0 unspecified atom stereocenters. The van der Waals surface area contributed by atoms with Gasteiger partial charge in [0, 0.05) is 17.3 Å². The summed E-state index contributed by atoms with van der Waals surface area (Å²) in [5.74, 6) is 0.729. The van der Waals surface area contributed by atoms with Crippen LogP contribution in [0, 0.1) is 11.8 Å². The maximum Gasteiger partial charge on any atom is 0.248 e. The number of anilines is 1. The molecule has 0 aromatic heterocycles. The van der Waals surface area contributed by atoms with Crippen molar-refractivity contribution in [2.75, 3.05) is 5.32 Å². The number of amides is 2. The molecule has 5 heteroatoms. The van der Waals surface area contributed by atoms with Crippen molar-refractivity contribution in [2.24, 2.45) is 17.6 Å². The molecule has 1 aliphatic rings. The fourth-order valence-electron chi connectivity index (χ4n) is 3.18. The molecular formula is C18H27N3O2. The third-order valence-corrected chi connectivity index (χ3v) is 5.00. The van der Waals surface area contributed by atoms with E-state index in [2.05, 4.69) is 24.5 Å². The molecule has 0 spiro atoms. The molecule has 1 fully saturated rings. The number of hydrogen-bond acceptors (Lipinski definition) is 3. The second-order valence-electron chi connectivity index (χ2n) is 6.69. The molecule has 5 nitrogen and oxygen atoms in total. The normalized spacial score (nSPS) is 25.6. The number of primary amides is 1. The minimum atomic E-state index is -0.474. The average molecular weight is 317 g/mol. The molecule has 0 heterocycles. The standard InChI is InChI=1S/C18H27N3O2/c1-11-5-4-6-16(12(11)2)20-13(3)18(23)21-15-9-7-14(8-10-15)17(19)22/h7-13,16,20H,4-6H2,1-3H3,(H2,19,22)(H,21,23)/t11-,12-,13+,16+/m1/s1. The minimum Gasteiger partial charge on any atom is -0.366 e. The van der Waals surface area contributed by atoms with Crippen molar-refractivity contribution in [2.45, 2.75) is 52.1 Å². The Bertz CT molecular complexity index is 556. The molecule has 0 bridgehead atoms. The van der Waals surface area contributed by atoms with Gasteiger partial charge in [-0.1, -0.05) is 26.7 Å². The number of hydrogen-bond donors (Lipinski definition) is 3. The van der Waals surface area contributed by atoms with Gasteiger partial charge >= 0.3 is 0 Å². The molecule has 4 atom stereocenters. The summed E-state index contributed by atoms with van der Waals surface area (Å²) in [6.45, 7) is 6.43. The van der Waals surface area contributed by atoms with Crippen LogP contribution in [0.5, 0.6) is 0 Å². The number of carbonyl (C=O) groups excluding carboxylic acids is 2. The number of carbonyl (C=O) groups is 2. The van der Waals surface area contributed by atoms with Crippen molar-refractivity contribution in [3.8, 4) is 0 Å². The third kappa shape index (κ3) is 4.55. The Morgan fingerprint density at radius 3 is 2.43 bits per heavy atom. The molecule has 2 amide bonds. The first-order valence-corrected chi connectivity index (χ1v) is 8.35. The van der Waals surface area contributed by atoms with Crippen LogP contribution in [0.15, 0.2) is 24.3 Å². The topological polar surface area (TPSA) is 84.2 Å². The van der Waals surface area contributed by atoms with E-state index in [4.69, 9.17) is 5.73 Å². The Hall–Kier alpha value is -1.88. The average Bonchev–Trinajstić information content (AvgIpc) is 2.52. The van der Waals surface area contributed by atoms with Crippen LogP contribution in [-0.2, 0) is 4.79 Å². The lowest BCUT2D eigenvalue weighted by Gasteiger charge is -2.36. The van der Waals surface area contributed by atoms with Gasteiger partial charge in [0.1, 0.15) is 0 Å². The van der Waals surface area contributed by atoms with Crippen LogP contribution in [0.4, 0.5) is 5.69 Å². The summed E-state index contributed by atoms with van der Waals surface area (Å²) < 4.78 is 0. The van der Waals surface area contributed by atoms with Gasteiger partial charge < -0.3 is 16.4 Å². The van der Waals surface area contributed by atoms with Gasteiger partial charge in [0.2, 0.25) is 11.8 Å². The van der Waals surface area contributed by atoms with E-state index in [1.54, 1.807) is 24.3 Å². The summed E-state index contributed by atoms with van der Waals surface area (Å²) in [6, 6.07) is 6.73. The molecular weight excluding hydrogens is 290 g/mol. The molecule has 23 heavy (non-hydrogen) atoms. The summed E-state index contributed by atoms with van der Waals surface area (Å²) in [6.07, 6.45) is 3.61. The van der Waals surface area contributed by atoms with Gasteiger partial charge in [-0.15, -0.1) is 0 Å². The van der Waals surface area contributed by atoms with E-state index in [-0.39, 0.29) is 11.9 Å². The maximum absolute atomic E-state index is 12.3. The van der Waals surface area contributed by atoms with E-state index in [1.165, 1.54) is 12.8 Å². The lowest BCUT2D eigenvalue weighted by atomic mass is 9.78. The summed E-state index contributed by atoms with van der Waals surface area (Å²) in [7, 11) is 0. The third-order valence-electron chi connectivity index (χ3n) is 5.00. The summed E-state index contributed by atoms with van der Waals surface area (Å²) in [5.41, 5.74) is 6.30. The summed E-state index contributed by atoms with van der Waals surface area (Å²) in [5, 5.41) is 6.33. The SMILES string of the molecule is C[C@@H]1[C@H](C)CCC[C@@H]1N[C@@H](C)C(=O)Nc1ccc(C(N)=O)cc1. The highest BCUT2D eigenvalue weighted by atomic mass is 16.2. The van der Waals surface area contributed by atoms with Crippen molar-refractivity contribution in [3.63, 3.8) is 0 Å². The van der Waals surface area contributed by atoms with Crippen LogP contribution >= 0.6 is 0 Å². The lowest BCUT2D eigenvalue weighted by Crippen LogP contribution is -2.49. The Balaban J connectivity index is 1.90. The smallest absolute Gasteiger partial charge is 0.248 e. The van der Waals surface area contributed by atoms with Crippen molar-refractivity contribution < 1.29 is 9.59 Å². The second-order valence-corrected chi connectivity index (χ2v) is 6.69. The van der Waals surface area contributed by atoms with Crippen LogP contribution in [0.2, 0.25) is 0 Å². The van der Waals surface area contributed by atoms with Gasteiger partial charge in [-0.3, -0.25) is 9.59 Å². The first kappa shape index (κ1) is 17.5. The first-order valence-electron chi connectivity index (χ1n) is 8.35. The quantitative estimate of drug-likeness (QED) is 0.780. The molecule has 126 valence electrons. The van der Waals surface area contributed by atoms with Gasteiger partial charge in [-0.25, -0.2) is 0 Å². The van der Waals surface area contributed by atoms with E-state index in [0.717, 1.165) is 6.42 Å². The first-order chi connectivity index (χ1) is 10.9. The summed E-state index contributed by atoms with van der Waals surface area (Å²) >= 11 is 0. The maximum atomic E-state index is 12.3. The fraction of sp³-hybridized carbons (Fsp3) is 0.556. The van der Waals surface area contributed by atoms with Crippen LogP contribution in [0.1, 0.15) is 50.4 Å². The van der Waals surface area contributed by atoms with Crippen molar-refractivity contribution in [3.05, 3.63) is 29.8 Å². The van der Waals surface area contributed by atoms with Gasteiger partial charge in [0.25, 0.3) is 0 Å². The monoisotopic (exact) mass is 317 g/mol. The Labute approximate surface area is 138 Å². The van der Waals surface area contributed by atoms with Crippen molar-refractivity contribution in [1.29, 1.82) is 0 Å². The van der Waals surface area contributed by atoms with Gasteiger partial charge in [-0.05, 0) is 49.4 Å². The number of nitrogens with one attached hydrogen (secondary N) is 2. The van der Waals surface area contributed by atoms with E-state index >= 15 is 0 Å². The Morgan fingerprint density at radius 1 is 1.17 bits per heavy atom. The second kappa shape index (κ2) is 7.59. The lowest BCUT2D eigenvalue weighted by molar-refractivity contribution is -0.118. The van der Waals surface area contributed by atoms with E-state index in [9.17, 15) is 9.59 Å². The highest BCUT2D eigenvalue weighted by Crippen LogP contribution is 2.29. The zero-order valence-electron chi connectivity index (χ0n) is 14.1. The molecule has 0 aliphatic heterocycles. The zero-order chi connectivity index (χ0) is 17.0. The fourth-order valence-corrected chi connectivity index (χ4v) is 3.18. The molecule has 1 saturated carbocycles. The number of rotatable bonds is 5. The molecule has 1 aromatic rings. The van der Waals surface area contributed by atoms with Gasteiger partial charge in [-0.2, -0.15) is 0 Å². The Morgan fingerprint density at radius 2 is 1.83 bits per heavy atom. The molecule has 1 aromatic carbocycles. The van der Waals surface area contributed by atoms with E-state index in [1.807, 2.05) is 6.92 Å². The highest BCUT2D eigenvalue weighted by Gasteiger charge is 2.29. The number of nitrogens with two attached hydrogens (primary N) is 1. The van der Waals surface area contributed by atoms with Gasteiger partial charge in [0.05, 0.1) is 6.04 Å². The van der Waals surface area contributed by atoms with Crippen molar-refractivity contribution in [1.82, 2.24) is 5.32 Å². The van der Waals surface area contributed by atoms with Crippen LogP contribution in [-0.4, -0.2) is 23.9 Å². The van der Waals surface area contributed by atoms with E-state index < -0.39 is 5.91 Å². The number of benzene rings is 1. The highest BCUT2D eigenvalue weighted by molar-refractivity contribution is 5.96. The molecule has 0 radical (unpaired) electrons. The van der Waals surface area contributed by atoms with Gasteiger partial charge in [0.15, 0.2) is 0 Å². The molecule has 4 N–H and O–H groups in total. The van der Waals surface area contributed by atoms with Crippen LogP contribution in [0.3, 0.4) is 0 Å². The van der Waals surface area contributed by atoms with Crippen LogP contribution in [0.25, 0.3) is 0 Å². The van der Waals surface area contributed by atoms with E-state index in [0.29, 0.717) is 29.1 Å². The largest absolute Gasteiger partial charge is 0.366 e. The zero-order valence-corrected chi connectivity index (χ0v) is 14.1. The minimum absolute atomic E-state index is 0.0674. The predicted molar refractivity (Wildman–Crippen MR) is 92.2 cm³/mol. The molecule has 0 saturated heterocycles. The van der Waals surface area contributed by atoms with Crippen molar-refractivity contribution >= 4 is 17.5 Å². The molecule has 2 rings (SSSR count).